The van der Waals surface area contributed by atoms with Crippen LogP contribution in [-0.2, 0) is 54.7 Å². The fourth-order valence-corrected chi connectivity index (χ4v) is 8.55. The van der Waals surface area contributed by atoms with Gasteiger partial charge in [-0.05, 0) is 66.8 Å². The third-order valence-electron chi connectivity index (χ3n) is 11.9. The molecule has 1 aliphatic heterocycles. The van der Waals surface area contributed by atoms with Crippen molar-refractivity contribution < 1.29 is 60.7 Å². The lowest BCUT2D eigenvalue weighted by Gasteiger charge is -2.26. The molecule has 0 aromatic heterocycles. The number of nitrogens with one attached hydrogen (secondary N) is 4. The van der Waals surface area contributed by atoms with E-state index < -0.39 is 39.8 Å². The first-order valence-corrected chi connectivity index (χ1v) is 25.6. The summed E-state index contributed by atoms with van der Waals surface area (Å²) in [6.45, 7) is 12.2. The Kier molecular flexibility index (Phi) is 23.5. The van der Waals surface area contributed by atoms with Gasteiger partial charge in [0, 0.05) is 49.5 Å². The minimum absolute atomic E-state index is 0.0106. The molecule has 17 nitrogen and oxygen atoms in total. The SMILES string of the molecule is CC[NH+](CC)CC.O=C(CCOCCOCCOCCOCCNC(=O)OCC1c2ccccc2-c2ccccc21)NCC(C(=O)NCCC(=O)N1Cc2ccccc2C#Cc2ccccc21)S(=O)(=O)[O-]. The number of rotatable bonds is 27. The highest BCUT2D eigenvalue weighted by Crippen LogP contribution is 2.44. The zero-order chi connectivity index (χ0) is 50.9. The molecule has 71 heavy (non-hydrogen) atoms. The second kappa shape index (κ2) is 29.9. The maximum absolute atomic E-state index is 13.4. The Hall–Kier alpha value is -6.17. The van der Waals surface area contributed by atoms with E-state index in [-0.39, 0.29) is 70.7 Å². The standard InChI is InChI=1S/C47H52N4O12S.C6H15N/c52-44(50-31-43(64(56,57)58)46(54)48-21-19-45(53)51-32-36-11-2-1-9-34(36)17-18-35-10-3-8-16-42(35)51)20-23-59-25-27-61-29-30-62-28-26-60-24-22-49-47(55)63-33-41-39-14-6-4-12-37(39)38-13-5-7-15-40(38)41;1-4-7(5-2)6-3/h1-16,41,43H,19-33H2,(H,48,54)(H,49,55)(H,50,52)(H,56,57,58);4-6H2,1-3H3. The quantitative estimate of drug-likeness (QED) is 0.0385. The predicted octanol–water partition coefficient (Wildman–Crippen LogP) is 3.40. The van der Waals surface area contributed by atoms with E-state index in [0.29, 0.717) is 44.3 Å². The molecule has 1 atom stereocenters. The maximum Gasteiger partial charge on any atom is 0.407 e. The summed E-state index contributed by atoms with van der Waals surface area (Å²) in [4.78, 5) is 54.1. The molecule has 18 heteroatoms. The molecular formula is C53H67N5O12S. The van der Waals surface area contributed by atoms with E-state index in [9.17, 15) is 32.1 Å². The minimum atomic E-state index is -5.15. The summed E-state index contributed by atoms with van der Waals surface area (Å²) in [5.74, 6) is 4.13. The van der Waals surface area contributed by atoms with Gasteiger partial charge in [-0.15, -0.1) is 0 Å². The summed E-state index contributed by atoms with van der Waals surface area (Å²) < 4.78 is 63.2. The van der Waals surface area contributed by atoms with Crippen LogP contribution in [0.4, 0.5) is 10.5 Å². The van der Waals surface area contributed by atoms with Crippen LogP contribution in [0.1, 0.15) is 67.3 Å². The van der Waals surface area contributed by atoms with Gasteiger partial charge in [0.25, 0.3) is 0 Å². The number of hydrogen-bond acceptors (Lipinski definition) is 12. The molecule has 0 fully saturated rings. The number of carbonyl (C=O) groups is 4. The zero-order valence-electron chi connectivity index (χ0n) is 40.9. The Morgan fingerprint density at radius 2 is 1.20 bits per heavy atom. The van der Waals surface area contributed by atoms with Gasteiger partial charge in [0.15, 0.2) is 0 Å². The van der Waals surface area contributed by atoms with E-state index in [1.54, 1.807) is 28.0 Å². The van der Waals surface area contributed by atoms with E-state index in [4.69, 9.17) is 23.7 Å². The second-order valence-electron chi connectivity index (χ2n) is 16.5. The lowest BCUT2D eigenvalue weighted by Crippen LogP contribution is -3.11. The fourth-order valence-electron chi connectivity index (χ4n) is 7.92. The number of para-hydroxylation sites is 1. The first kappa shape index (κ1) is 55.8. The van der Waals surface area contributed by atoms with Gasteiger partial charge in [0.05, 0.1) is 84.7 Å². The molecule has 0 saturated carbocycles. The highest BCUT2D eigenvalue weighted by molar-refractivity contribution is 7.87. The van der Waals surface area contributed by atoms with Crippen LogP contribution in [0.3, 0.4) is 0 Å². The van der Waals surface area contributed by atoms with E-state index in [1.807, 2.05) is 54.6 Å². The van der Waals surface area contributed by atoms with Crippen LogP contribution >= 0.6 is 0 Å². The van der Waals surface area contributed by atoms with E-state index >= 15 is 0 Å². The van der Waals surface area contributed by atoms with Crippen LogP contribution in [0, 0.1) is 11.8 Å². The number of alkyl carbamates (subject to hydrolysis) is 1. The Labute approximate surface area is 417 Å². The van der Waals surface area contributed by atoms with Gasteiger partial charge < -0.3 is 54.0 Å². The molecule has 0 radical (unpaired) electrons. The van der Waals surface area contributed by atoms with Gasteiger partial charge in [0.1, 0.15) is 22.0 Å². The first-order chi connectivity index (χ1) is 34.4. The third-order valence-corrected chi connectivity index (χ3v) is 13.0. The van der Waals surface area contributed by atoms with Crippen LogP contribution in [-0.4, -0.2) is 141 Å². The van der Waals surface area contributed by atoms with Crippen molar-refractivity contribution in [3.63, 3.8) is 0 Å². The molecule has 6 rings (SSSR count). The summed E-state index contributed by atoms with van der Waals surface area (Å²) >= 11 is 0. The van der Waals surface area contributed by atoms with Crippen molar-refractivity contribution in [2.24, 2.45) is 0 Å². The highest BCUT2D eigenvalue weighted by atomic mass is 32.2. The molecule has 4 aromatic carbocycles. The lowest BCUT2D eigenvalue weighted by molar-refractivity contribution is -0.894. The summed E-state index contributed by atoms with van der Waals surface area (Å²) in [5, 5.41) is 5.26. The van der Waals surface area contributed by atoms with Crippen molar-refractivity contribution in [1.82, 2.24) is 16.0 Å². The molecular weight excluding hydrogens is 931 g/mol. The molecule has 382 valence electrons. The van der Waals surface area contributed by atoms with Crippen molar-refractivity contribution >= 4 is 39.6 Å². The number of nitrogens with zero attached hydrogens (tertiary/aromatic N) is 1. The Bertz CT molecular complexity index is 2480. The zero-order valence-corrected chi connectivity index (χ0v) is 41.7. The largest absolute Gasteiger partial charge is 0.747 e. The van der Waals surface area contributed by atoms with Gasteiger partial charge in [-0.2, -0.15) is 0 Å². The number of amides is 4. The Morgan fingerprint density at radius 1 is 0.662 bits per heavy atom. The number of anilines is 1. The van der Waals surface area contributed by atoms with Crippen molar-refractivity contribution in [3.8, 4) is 23.0 Å². The first-order valence-electron chi connectivity index (χ1n) is 24.2. The summed E-state index contributed by atoms with van der Waals surface area (Å²) in [6, 6.07) is 30.9. The van der Waals surface area contributed by atoms with Crippen LogP contribution < -0.4 is 25.8 Å². The van der Waals surface area contributed by atoms with Crippen molar-refractivity contribution in [1.29, 1.82) is 0 Å². The van der Waals surface area contributed by atoms with Crippen LogP contribution in [0.15, 0.2) is 97.1 Å². The number of fused-ring (bicyclic) bond motifs is 5. The van der Waals surface area contributed by atoms with Crippen molar-refractivity contribution in [3.05, 3.63) is 125 Å². The minimum Gasteiger partial charge on any atom is -0.747 e. The summed E-state index contributed by atoms with van der Waals surface area (Å²) in [5.41, 5.74) is 7.50. The molecule has 2 aliphatic rings. The summed E-state index contributed by atoms with van der Waals surface area (Å²) in [7, 11) is -5.15. The van der Waals surface area contributed by atoms with Crippen LogP contribution in [0.5, 0.6) is 0 Å². The van der Waals surface area contributed by atoms with E-state index in [1.165, 1.54) is 19.6 Å². The Morgan fingerprint density at radius 3 is 1.80 bits per heavy atom. The normalized spacial score (nSPS) is 12.8. The Balaban J connectivity index is 0.00000124. The monoisotopic (exact) mass is 997 g/mol. The maximum atomic E-state index is 13.4. The molecule has 4 aromatic rings. The number of benzene rings is 4. The van der Waals surface area contributed by atoms with Crippen molar-refractivity contribution in [2.45, 2.75) is 51.3 Å². The van der Waals surface area contributed by atoms with Gasteiger partial charge in [-0.25, -0.2) is 13.2 Å². The van der Waals surface area contributed by atoms with Crippen LogP contribution in [0.25, 0.3) is 11.1 Å². The molecule has 0 spiro atoms. The predicted molar refractivity (Wildman–Crippen MR) is 268 cm³/mol. The molecule has 0 bridgehead atoms. The lowest BCUT2D eigenvalue weighted by atomic mass is 9.98. The van der Waals surface area contributed by atoms with Crippen molar-refractivity contribution in [2.75, 3.05) is 104 Å². The average Bonchev–Trinajstić information content (AvgIpc) is 3.68. The molecule has 1 unspecified atom stereocenters. The molecule has 4 N–H and O–H groups in total. The summed E-state index contributed by atoms with van der Waals surface area (Å²) in [6.07, 6.45) is -0.852. The smallest absolute Gasteiger partial charge is 0.407 e. The van der Waals surface area contributed by atoms with Gasteiger partial charge in [-0.3, -0.25) is 14.4 Å². The van der Waals surface area contributed by atoms with Gasteiger partial charge in [0.2, 0.25) is 17.7 Å². The average molecular weight is 998 g/mol. The van der Waals surface area contributed by atoms with E-state index in [2.05, 4.69) is 72.8 Å². The number of quaternary nitrogens is 1. The molecule has 4 amide bonds. The van der Waals surface area contributed by atoms with Crippen LogP contribution in [0.2, 0.25) is 0 Å². The molecule has 1 heterocycles. The fraction of sp³-hybridized carbons (Fsp3) is 0.434. The second-order valence-corrected chi connectivity index (χ2v) is 18.0. The number of hydrogen-bond donors (Lipinski definition) is 4. The van der Waals surface area contributed by atoms with E-state index in [0.717, 1.165) is 33.4 Å². The number of ether oxygens (including phenoxy) is 5. The molecule has 0 saturated heterocycles. The third kappa shape index (κ3) is 17.9. The molecule has 1 aliphatic carbocycles. The van der Waals surface area contributed by atoms with Gasteiger partial charge in [-0.1, -0.05) is 90.7 Å². The van der Waals surface area contributed by atoms with Gasteiger partial charge >= 0.3 is 6.09 Å². The highest BCUT2D eigenvalue weighted by Gasteiger charge is 2.30. The number of carbonyl (C=O) groups excluding carboxylic acids is 4. The topological polar surface area (TPSA) is 215 Å².